The molecule has 3 nitrogen and oxygen atoms in total. The van der Waals surface area contributed by atoms with E-state index in [9.17, 15) is 18.4 Å². The smallest absolute Gasteiger partial charge is 0.336 e. The van der Waals surface area contributed by atoms with E-state index in [1.54, 1.807) is 12.1 Å². The molecule has 0 atom stereocenters. The molecule has 0 spiro atoms. The highest BCUT2D eigenvalue weighted by molar-refractivity contribution is 9.11. The Morgan fingerprint density at radius 1 is 0.905 bits per heavy atom. The van der Waals surface area contributed by atoms with Crippen LogP contribution in [0, 0.1) is 11.6 Å². The molecule has 0 aliphatic carbocycles. The van der Waals surface area contributed by atoms with Gasteiger partial charge in [-0.15, -0.1) is 0 Å². The number of hydrogen-bond acceptors (Lipinski definition) is 2. The molecule has 2 aromatic rings. The van der Waals surface area contributed by atoms with Gasteiger partial charge in [-0.05, 0) is 30.3 Å². The van der Waals surface area contributed by atoms with E-state index in [0.29, 0.717) is 21.1 Å². The number of carbonyl (C=O) groups excluding carboxylic acids is 1. The summed E-state index contributed by atoms with van der Waals surface area (Å²) in [4.78, 5) is 23.5. The van der Waals surface area contributed by atoms with Crippen LogP contribution in [0.25, 0.3) is 0 Å². The first-order valence-corrected chi connectivity index (χ1v) is 7.12. The van der Waals surface area contributed by atoms with Crippen LogP contribution in [0.2, 0.25) is 0 Å². The van der Waals surface area contributed by atoms with E-state index in [0.717, 1.165) is 0 Å². The normalized spacial score (nSPS) is 10.5. The number of aromatic carboxylic acids is 1. The molecule has 0 radical (unpaired) electrons. The van der Waals surface area contributed by atoms with Crippen molar-refractivity contribution in [2.75, 3.05) is 0 Å². The van der Waals surface area contributed by atoms with Crippen molar-refractivity contribution in [2.24, 2.45) is 0 Å². The molecule has 0 heterocycles. The first-order chi connectivity index (χ1) is 9.81. The summed E-state index contributed by atoms with van der Waals surface area (Å²) in [6.07, 6.45) is 0. The molecule has 0 unspecified atom stereocenters. The molecule has 2 aromatic carbocycles. The quantitative estimate of drug-likeness (QED) is 0.749. The number of halogens is 4. The van der Waals surface area contributed by atoms with Gasteiger partial charge in [-0.2, -0.15) is 0 Å². The van der Waals surface area contributed by atoms with E-state index in [1.807, 2.05) is 0 Å². The second-order valence-electron chi connectivity index (χ2n) is 4.07. The van der Waals surface area contributed by atoms with Crippen molar-refractivity contribution in [3.05, 3.63) is 67.6 Å². The second kappa shape index (κ2) is 6.03. The molecule has 0 saturated carbocycles. The Balaban J connectivity index is 2.65. The third kappa shape index (κ3) is 3.19. The fourth-order valence-corrected chi connectivity index (χ4v) is 2.52. The van der Waals surface area contributed by atoms with Crippen LogP contribution in [-0.2, 0) is 0 Å². The molecule has 0 saturated heterocycles. The average molecular weight is 420 g/mol. The largest absolute Gasteiger partial charge is 0.478 e. The number of ketones is 1. The van der Waals surface area contributed by atoms with E-state index in [2.05, 4.69) is 31.9 Å². The van der Waals surface area contributed by atoms with Crippen LogP contribution in [-0.4, -0.2) is 16.9 Å². The van der Waals surface area contributed by atoms with E-state index < -0.39 is 34.5 Å². The standard InChI is InChI=1S/C14H6Br2F2O3/c15-6-1-2-10(16)9(3-6)13(19)7-4-11(17)12(18)5-8(7)14(20)21/h1-5H,(H,20,21). The Bertz CT molecular complexity index is 760. The first kappa shape index (κ1) is 15.8. The minimum atomic E-state index is -1.51. The highest BCUT2D eigenvalue weighted by Gasteiger charge is 2.23. The highest BCUT2D eigenvalue weighted by atomic mass is 79.9. The maximum Gasteiger partial charge on any atom is 0.336 e. The van der Waals surface area contributed by atoms with Crippen LogP contribution in [0.4, 0.5) is 8.78 Å². The molecular formula is C14H6Br2F2O3. The van der Waals surface area contributed by atoms with Crippen LogP contribution >= 0.6 is 31.9 Å². The Morgan fingerprint density at radius 3 is 2.05 bits per heavy atom. The van der Waals surface area contributed by atoms with Gasteiger partial charge < -0.3 is 5.11 Å². The van der Waals surface area contributed by atoms with Gasteiger partial charge in [0.25, 0.3) is 0 Å². The molecular weight excluding hydrogens is 414 g/mol. The molecule has 0 amide bonds. The summed E-state index contributed by atoms with van der Waals surface area (Å²) in [6.45, 7) is 0. The lowest BCUT2D eigenvalue weighted by Gasteiger charge is -2.08. The van der Waals surface area contributed by atoms with Gasteiger partial charge in [0.2, 0.25) is 0 Å². The summed E-state index contributed by atoms with van der Waals surface area (Å²) < 4.78 is 27.5. The summed E-state index contributed by atoms with van der Waals surface area (Å²) in [5.41, 5.74) is -0.871. The van der Waals surface area contributed by atoms with Crippen molar-refractivity contribution in [1.82, 2.24) is 0 Å². The van der Waals surface area contributed by atoms with Gasteiger partial charge in [-0.25, -0.2) is 13.6 Å². The van der Waals surface area contributed by atoms with Gasteiger partial charge in [0.05, 0.1) is 5.56 Å². The zero-order chi connectivity index (χ0) is 15.7. The number of carbonyl (C=O) groups is 2. The lowest BCUT2D eigenvalue weighted by atomic mass is 9.98. The van der Waals surface area contributed by atoms with Crippen LogP contribution in [0.1, 0.15) is 26.3 Å². The summed E-state index contributed by atoms with van der Waals surface area (Å²) in [5, 5.41) is 9.04. The van der Waals surface area contributed by atoms with Crippen molar-refractivity contribution < 1.29 is 23.5 Å². The molecule has 0 fully saturated rings. The average Bonchev–Trinajstić information content (AvgIpc) is 2.43. The fraction of sp³-hybridized carbons (Fsp3) is 0. The van der Waals surface area contributed by atoms with E-state index >= 15 is 0 Å². The van der Waals surface area contributed by atoms with E-state index in [4.69, 9.17) is 5.11 Å². The Morgan fingerprint density at radius 2 is 1.48 bits per heavy atom. The number of rotatable bonds is 3. The zero-order valence-corrected chi connectivity index (χ0v) is 13.3. The first-order valence-electron chi connectivity index (χ1n) is 5.53. The molecule has 2 rings (SSSR count). The third-order valence-corrected chi connectivity index (χ3v) is 3.89. The van der Waals surface area contributed by atoms with Gasteiger partial charge in [0.1, 0.15) is 0 Å². The molecule has 21 heavy (non-hydrogen) atoms. The van der Waals surface area contributed by atoms with Crippen LogP contribution in [0.3, 0.4) is 0 Å². The van der Waals surface area contributed by atoms with Crippen molar-refractivity contribution in [3.8, 4) is 0 Å². The minimum absolute atomic E-state index is 0.137. The Labute approximate surface area is 134 Å². The monoisotopic (exact) mass is 418 g/mol. The van der Waals surface area contributed by atoms with Gasteiger partial charge >= 0.3 is 5.97 Å². The number of benzene rings is 2. The molecule has 0 aliphatic rings. The van der Waals surface area contributed by atoms with Gasteiger partial charge in [-0.1, -0.05) is 31.9 Å². The number of hydrogen-bond donors (Lipinski definition) is 1. The molecule has 0 bridgehead atoms. The maximum atomic E-state index is 13.3. The van der Waals surface area contributed by atoms with Gasteiger partial charge in [0.15, 0.2) is 17.4 Å². The van der Waals surface area contributed by atoms with Crippen LogP contribution < -0.4 is 0 Å². The van der Waals surface area contributed by atoms with Crippen molar-refractivity contribution in [3.63, 3.8) is 0 Å². The summed E-state index contributed by atoms with van der Waals surface area (Å²) in [5.74, 6) is -4.84. The summed E-state index contributed by atoms with van der Waals surface area (Å²) >= 11 is 6.35. The predicted molar refractivity (Wildman–Crippen MR) is 78.6 cm³/mol. The molecule has 1 N–H and O–H groups in total. The predicted octanol–water partition coefficient (Wildman–Crippen LogP) is 4.42. The van der Waals surface area contributed by atoms with Crippen LogP contribution in [0.15, 0.2) is 39.3 Å². The molecule has 7 heteroatoms. The second-order valence-corrected chi connectivity index (χ2v) is 5.84. The highest BCUT2D eigenvalue weighted by Crippen LogP contribution is 2.26. The number of carboxylic acids is 1. The van der Waals surface area contributed by atoms with Crippen molar-refractivity contribution >= 4 is 43.6 Å². The summed E-state index contributed by atoms with van der Waals surface area (Å²) in [7, 11) is 0. The molecule has 108 valence electrons. The fourth-order valence-electron chi connectivity index (χ4n) is 1.73. The minimum Gasteiger partial charge on any atom is -0.478 e. The number of carboxylic acid groups (broad SMARTS) is 1. The SMILES string of the molecule is O=C(O)c1cc(F)c(F)cc1C(=O)c1cc(Br)ccc1Br. The Hall–Kier alpha value is -1.60. The maximum absolute atomic E-state index is 13.3. The van der Waals surface area contributed by atoms with Gasteiger partial charge in [0, 0.05) is 20.1 Å². The lowest BCUT2D eigenvalue weighted by Crippen LogP contribution is -2.12. The van der Waals surface area contributed by atoms with E-state index in [-0.39, 0.29) is 5.56 Å². The molecule has 0 aliphatic heterocycles. The topological polar surface area (TPSA) is 54.4 Å². The molecule has 0 aromatic heterocycles. The van der Waals surface area contributed by atoms with Crippen molar-refractivity contribution in [2.45, 2.75) is 0 Å². The van der Waals surface area contributed by atoms with Gasteiger partial charge in [-0.3, -0.25) is 4.79 Å². The van der Waals surface area contributed by atoms with E-state index in [1.165, 1.54) is 6.07 Å². The Kier molecular flexibility index (Phi) is 4.53. The van der Waals surface area contributed by atoms with Crippen molar-refractivity contribution in [1.29, 1.82) is 0 Å². The lowest BCUT2D eigenvalue weighted by molar-refractivity contribution is 0.0692. The van der Waals surface area contributed by atoms with Crippen LogP contribution in [0.5, 0.6) is 0 Å². The summed E-state index contributed by atoms with van der Waals surface area (Å²) in [6, 6.07) is 5.80. The zero-order valence-electron chi connectivity index (χ0n) is 10.2. The third-order valence-electron chi connectivity index (χ3n) is 2.71.